The van der Waals surface area contributed by atoms with E-state index in [2.05, 4.69) is 10.1 Å². The molecule has 132 valence electrons. The molecule has 0 radical (unpaired) electrons. The summed E-state index contributed by atoms with van der Waals surface area (Å²) in [6.07, 6.45) is 8.45. The second-order valence-electron chi connectivity index (χ2n) is 7.57. The molecule has 0 unspecified atom stereocenters. The molecule has 5 heteroatoms. The van der Waals surface area contributed by atoms with Crippen molar-refractivity contribution < 1.29 is 4.79 Å². The van der Waals surface area contributed by atoms with Gasteiger partial charge in [0.05, 0.1) is 11.9 Å². The van der Waals surface area contributed by atoms with Crippen LogP contribution in [0.3, 0.4) is 0 Å². The zero-order chi connectivity index (χ0) is 17.7. The van der Waals surface area contributed by atoms with Crippen LogP contribution in [0.4, 0.5) is 0 Å². The largest absolute Gasteiger partial charge is 0.338 e. The molecule has 0 aliphatic heterocycles. The number of fused-ring (bicyclic) bond motifs is 1. The Morgan fingerprint density at radius 1 is 1.12 bits per heavy atom. The van der Waals surface area contributed by atoms with Crippen LogP contribution in [0.15, 0.2) is 48.8 Å². The molecule has 2 aliphatic rings. The summed E-state index contributed by atoms with van der Waals surface area (Å²) in [4.78, 5) is 19.6. The van der Waals surface area contributed by atoms with Gasteiger partial charge in [0.2, 0.25) is 0 Å². The quantitative estimate of drug-likeness (QED) is 0.708. The number of carbonyl (C=O) groups is 1. The number of hydrogen-bond acceptors (Lipinski definition) is 3. The summed E-state index contributed by atoms with van der Waals surface area (Å²) < 4.78 is 1.78. The molecule has 26 heavy (non-hydrogen) atoms. The van der Waals surface area contributed by atoms with Crippen molar-refractivity contribution in [1.29, 1.82) is 0 Å². The Morgan fingerprint density at radius 2 is 1.81 bits per heavy atom. The number of nitrogens with zero attached hydrogens (tertiary/aromatic N) is 4. The van der Waals surface area contributed by atoms with E-state index in [0.717, 1.165) is 11.3 Å². The van der Waals surface area contributed by atoms with Gasteiger partial charge in [-0.1, -0.05) is 30.3 Å². The van der Waals surface area contributed by atoms with Gasteiger partial charge in [0.15, 0.2) is 5.65 Å². The molecular weight excluding hydrogens is 324 g/mol. The lowest BCUT2D eigenvalue weighted by atomic mass is 10.1. The Hall–Kier alpha value is -2.69. The zero-order valence-corrected chi connectivity index (χ0v) is 14.9. The second kappa shape index (κ2) is 5.94. The monoisotopic (exact) mass is 346 g/mol. The third-order valence-electron chi connectivity index (χ3n) is 5.68. The molecule has 1 amide bonds. The van der Waals surface area contributed by atoms with Crippen LogP contribution in [-0.2, 0) is 0 Å². The molecule has 5 rings (SSSR count). The van der Waals surface area contributed by atoms with E-state index in [1.165, 1.54) is 25.7 Å². The van der Waals surface area contributed by atoms with Crippen molar-refractivity contribution in [3.63, 3.8) is 0 Å². The molecule has 2 aromatic heterocycles. The number of benzene rings is 1. The predicted molar refractivity (Wildman–Crippen MR) is 99.8 cm³/mol. The second-order valence-corrected chi connectivity index (χ2v) is 7.57. The fraction of sp³-hybridized carbons (Fsp3) is 0.381. The first-order chi connectivity index (χ1) is 12.7. The average Bonchev–Trinajstić information content (AvgIpc) is 3.61. The van der Waals surface area contributed by atoms with Gasteiger partial charge in [0, 0.05) is 24.8 Å². The maximum absolute atomic E-state index is 13.2. The molecule has 0 N–H and O–H groups in total. The van der Waals surface area contributed by atoms with Crippen LogP contribution in [0.1, 0.15) is 36.0 Å². The normalized spacial score (nSPS) is 17.0. The minimum Gasteiger partial charge on any atom is -0.338 e. The number of carbonyl (C=O) groups excluding carboxylic acids is 1. The molecule has 0 saturated heterocycles. The Kier molecular flexibility index (Phi) is 3.55. The van der Waals surface area contributed by atoms with Crippen molar-refractivity contribution in [3.05, 3.63) is 54.4 Å². The molecular formula is C21H22N4O. The molecule has 3 aromatic rings. The Balaban J connectivity index is 1.52. The standard InChI is InChI=1S/C21H22N4O/c1-24(19(15-7-8-15)16-9-10-16)21(26)17-13-23-25-18(11-12-22-20(17)25)14-5-3-2-4-6-14/h2-6,11-13,15-16,19H,7-10H2,1H3. The molecule has 2 heterocycles. The first-order valence-corrected chi connectivity index (χ1v) is 9.39. The van der Waals surface area contributed by atoms with Gasteiger partial charge < -0.3 is 4.90 Å². The van der Waals surface area contributed by atoms with Crippen LogP contribution in [0.2, 0.25) is 0 Å². The van der Waals surface area contributed by atoms with Crippen molar-refractivity contribution in [2.45, 2.75) is 31.7 Å². The van der Waals surface area contributed by atoms with Crippen LogP contribution in [0, 0.1) is 11.8 Å². The third kappa shape index (κ3) is 2.59. The predicted octanol–water partition coefficient (Wildman–Crippen LogP) is 3.66. The summed E-state index contributed by atoms with van der Waals surface area (Å²) >= 11 is 0. The van der Waals surface area contributed by atoms with E-state index < -0.39 is 0 Å². The van der Waals surface area contributed by atoms with E-state index in [9.17, 15) is 4.79 Å². The third-order valence-corrected chi connectivity index (χ3v) is 5.68. The topological polar surface area (TPSA) is 50.5 Å². The van der Waals surface area contributed by atoms with E-state index in [-0.39, 0.29) is 5.91 Å². The van der Waals surface area contributed by atoms with E-state index >= 15 is 0 Å². The highest BCUT2D eigenvalue weighted by Crippen LogP contribution is 2.47. The average molecular weight is 346 g/mol. The van der Waals surface area contributed by atoms with Crippen molar-refractivity contribution in [1.82, 2.24) is 19.5 Å². The van der Waals surface area contributed by atoms with Gasteiger partial charge in [-0.15, -0.1) is 0 Å². The van der Waals surface area contributed by atoms with Gasteiger partial charge in [0.1, 0.15) is 5.56 Å². The van der Waals surface area contributed by atoms with Gasteiger partial charge in [-0.25, -0.2) is 9.50 Å². The first-order valence-electron chi connectivity index (χ1n) is 9.39. The highest BCUT2D eigenvalue weighted by Gasteiger charge is 2.45. The van der Waals surface area contributed by atoms with E-state index in [4.69, 9.17) is 0 Å². The lowest BCUT2D eigenvalue weighted by Crippen LogP contribution is -2.40. The molecule has 0 atom stereocenters. The molecule has 5 nitrogen and oxygen atoms in total. The molecule has 2 fully saturated rings. The number of hydrogen-bond donors (Lipinski definition) is 0. The number of amides is 1. The Morgan fingerprint density at radius 3 is 2.46 bits per heavy atom. The number of rotatable bonds is 5. The van der Waals surface area contributed by atoms with Crippen LogP contribution in [0.25, 0.3) is 16.9 Å². The van der Waals surface area contributed by atoms with Crippen LogP contribution in [-0.4, -0.2) is 38.5 Å². The lowest BCUT2D eigenvalue weighted by Gasteiger charge is -2.28. The summed E-state index contributed by atoms with van der Waals surface area (Å²) in [6, 6.07) is 12.4. The molecule has 2 saturated carbocycles. The van der Waals surface area contributed by atoms with Crippen molar-refractivity contribution in [2.75, 3.05) is 7.05 Å². The van der Waals surface area contributed by atoms with E-state index in [1.807, 2.05) is 48.3 Å². The van der Waals surface area contributed by atoms with Crippen molar-refractivity contribution >= 4 is 11.6 Å². The smallest absolute Gasteiger partial charge is 0.259 e. The van der Waals surface area contributed by atoms with Crippen LogP contribution < -0.4 is 0 Å². The maximum Gasteiger partial charge on any atom is 0.259 e. The van der Waals surface area contributed by atoms with Crippen LogP contribution in [0.5, 0.6) is 0 Å². The lowest BCUT2D eigenvalue weighted by molar-refractivity contribution is 0.0691. The summed E-state index contributed by atoms with van der Waals surface area (Å²) in [6.45, 7) is 0. The van der Waals surface area contributed by atoms with Gasteiger partial charge in [0.25, 0.3) is 5.91 Å². The van der Waals surface area contributed by atoms with E-state index in [1.54, 1.807) is 16.9 Å². The van der Waals surface area contributed by atoms with Crippen LogP contribution >= 0.6 is 0 Å². The van der Waals surface area contributed by atoms with Gasteiger partial charge in [-0.3, -0.25) is 4.79 Å². The fourth-order valence-corrected chi connectivity index (χ4v) is 4.09. The molecule has 0 spiro atoms. The zero-order valence-electron chi connectivity index (χ0n) is 14.9. The highest BCUT2D eigenvalue weighted by molar-refractivity contribution is 6.00. The SMILES string of the molecule is CN(C(=O)c1cnn2c(-c3ccccc3)ccnc12)C(C1CC1)C1CC1. The Bertz CT molecular complexity index is 945. The summed E-state index contributed by atoms with van der Waals surface area (Å²) in [5.74, 6) is 1.42. The Labute approximate surface area is 152 Å². The van der Waals surface area contributed by atoms with Gasteiger partial charge in [-0.2, -0.15) is 5.10 Å². The first kappa shape index (κ1) is 15.6. The highest BCUT2D eigenvalue weighted by atomic mass is 16.2. The number of aromatic nitrogens is 3. The van der Waals surface area contributed by atoms with Gasteiger partial charge in [-0.05, 0) is 43.6 Å². The summed E-state index contributed by atoms with van der Waals surface area (Å²) in [5.41, 5.74) is 3.23. The summed E-state index contributed by atoms with van der Waals surface area (Å²) in [7, 11) is 1.95. The molecule has 1 aromatic carbocycles. The summed E-state index contributed by atoms with van der Waals surface area (Å²) in [5, 5.41) is 4.49. The van der Waals surface area contributed by atoms with Crippen molar-refractivity contribution in [3.8, 4) is 11.3 Å². The minimum absolute atomic E-state index is 0.0431. The van der Waals surface area contributed by atoms with E-state index in [0.29, 0.717) is 29.1 Å². The fourth-order valence-electron chi connectivity index (χ4n) is 4.09. The molecule has 2 aliphatic carbocycles. The van der Waals surface area contributed by atoms with Crippen molar-refractivity contribution in [2.24, 2.45) is 11.8 Å². The minimum atomic E-state index is 0.0431. The maximum atomic E-state index is 13.2. The molecule has 0 bridgehead atoms. The van der Waals surface area contributed by atoms with Gasteiger partial charge >= 0.3 is 0 Å².